The van der Waals surface area contributed by atoms with Crippen LogP contribution in [-0.4, -0.2) is 90.9 Å². The molecular weight excluding hydrogens is 456 g/mol. The van der Waals surface area contributed by atoms with Crippen molar-refractivity contribution in [3.05, 3.63) is 23.2 Å². The fourth-order valence-electron chi connectivity index (χ4n) is 3.63. The lowest BCUT2D eigenvalue weighted by molar-refractivity contribution is 0.412. The predicted molar refractivity (Wildman–Crippen MR) is 134 cm³/mol. The molecule has 0 radical (unpaired) electrons. The van der Waals surface area contributed by atoms with Crippen molar-refractivity contribution in [1.29, 1.82) is 0 Å². The van der Waals surface area contributed by atoms with E-state index in [0.29, 0.717) is 17.2 Å². The molecule has 2 heterocycles. The zero-order valence-electron chi connectivity index (χ0n) is 18.8. The quantitative estimate of drug-likeness (QED) is 0.507. The van der Waals surface area contributed by atoms with Crippen LogP contribution in [0.4, 0.5) is 5.69 Å². The third-order valence-electron chi connectivity index (χ3n) is 5.39. The summed E-state index contributed by atoms with van der Waals surface area (Å²) in [5.41, 5.74) is 1.04. The molecule has 3 N–H and O–H groups in total. The molecule has 0 saturated carbocycles. The molecule has 1 aromatic rings. The molecule has 2 aliphatic rings. The predicted octanol–water partition coefficient (Wildman–Crippen LogP) is 1.86. The fourth-order valence-corrected chi connectivity index (χ4v) is 5.06. The molecule has 0 spiro atoms. The van der Waals surface area contributed by atoms with Gasteiger partial charge >= 0.3 is 0 Å². The van der Waals surface area contributed by atoms with Gasteiger partial charge < -0.3 is 25.6 Å². The summed E-state index contributed by atoms with van der Waals surface area (Å²) in [5, 5.41) is 10.8. The number of methoxy groups -OCH3 is 1. The number of halogens is 1. The molecule has 0 aliphatic carbocycles. The van der Waals surface area contributed by atoms with Gasteiger partial charge in [0.15, 0.2) is 0 Å². The number of anilines is 1. The normalized spacial score (nSPS) is 21.9. The Balaban J connectivity index is 0.000000285. The van der Waals surface area contributed by atoms with Crippen molar-refractivity contribution in [3.8, 4) is 5.75 Å². The smallest absolute Gasteiger partial charge is 0.147 e. The SMILES string of the molecule is COc1cc(N2CCN[C@@H](CCS(C)(=O)=O)C2)ccc1Cl.CSCC[C@H]1CNCCN1. The number of piperazine rings is 2. The fraction of sp³-hybridized carbons (Fsp3) is 0.714. The molecular formula is C21H37ClN4O3S2. The average Bonchev–Trinajstić information content (AvgIpc) is 2.77. The summed E-state index contributed by atoms with van der Waals surface area (Å²) in [6.07, 6.45) is 5.36. The molecule has 3 rings (SSSR count). The van der Waals surface area contributed by atoms with Crippen LogP contribution in [0.3, 0.4) is 0 Å². The van der Waals surface area contributed by atoms with Gasteiger partial charge in [-0.15, -0.1) is 0 Å². The lowest BCUT2D eigenvalue weighted by Gasteiger charge is -2.35. The molecule has 0 amide bonds. The first-order valence-corrected chi connectivity index (χ1v) is 14.6. The lowest BCUT2D eigenvalue weighted by atomic mass is 10.1. The molecule has 31 heavy (non-hydrogen) atoms. The van der Waals surface area contributed by atoms with Crippen LogP contribution >= 0.6 is 23.4 Å². The van der Waals surface area contributed by atoms with Gasteiger partial charge in [0.25, 0.3) is 0 Å². The highest BCUT2D eigenvalue weighted by atomic mass is 35.5. The Morgan fingerprint density at radius 2 is 1.97 bits per heavy atom. The Morgan fingerprint density at radius 3 is 2.61 bits per heavy atom. The van der Waals surface area contributed by atoms with Crippen molar-refractivity contribution in [2.45, 2.75) is 24.9 Å². The first kappa shape index (κ1) is 26.5. The number of nitrogens with zero attached hydrogens (tertiary/aromatic N) is 1. The van der Waals surface area contributed by atoms with Gasteiger partial charge in [-0.2, -0.15) is 11.8 Å². The summed E-state index contributed by atoms with van der Waals surface area (Å²) in [4.78, 5) is 2.22. The first-order chi connectivity index (χ1) is 14.8. The van der Waals surface area contributed by atoms with Crippen molar-refractivity contribution in [1.82, 2.24) is 16.0 Å². The van der Waals surface area contributed by atoms with Crippen molar-refractivity contribution in [2.75, 3.05) is 75.3 Å². The van der Waals surface area contributed by atoms with E-state index in [4.69, 9.17) is 16.3 Å². The molecule has 2 aliphatic heterocycles. The Morgan fingerprint density at radius 1 is 1.19 bits per heavy atom. The van der Waals surface area contributed by atoms with Crippen molar-refractivity contribution in [2.24, 2.45) is 0 Å². The van der Waals surface area contributed by atoms with E-state index < -0.39 is 9.84 Å². The highest BCUT2D eigenvalue weighted by molar-refractivity contribution is 7.98. The number of ether oxygens (including phenoxy) is 1. The van der Waals surface area contributed by atoms with Gasteiger partial charge in [0, 0.05) is 69.4 Å². The molecule has 2 atom stereocenters. The third-order valence-corrected chi connectivity index (χ3v) is 7.32. The number of sulfone groups is 1. The number of rotatable bonds is 8. The van der Waals surface area contributed by atoms with Gasteiger partial charge in [-0.25, -0.2) is 8.42 Å². The van der Waals surface area contributed by atoms with E-state index >= 15 is 0 Å². The van der Waals surface area contributed by atoms with Gasteiger partial charge in [-0.1, -0.05) is 11.6 Å². The highest BCUT2D eigenvalue weighted by Crippen LogP contribution is 2.29. The number of hydrogen-bond donors (Lipinski definition) is 3. The molecule has 0 unspecified atom stereocenters. The number of nitrogens with one attached hydrogen (secondary N) is 3. The minimum Gasteiger partial charge on any atom is -0.495 e. The highest BCUT2D eigenvalue weighted by Gasteiger charge is 2.21. The molecule has 2 fully saturated rings. The second kappa shape index (κ2) is 13.7. The topological polar surface area (TPSA) is 82.7 Å². The van der Waals surface area contributed by atoms with E-state index in [2.05, 4.69) is 27.1 Å². The van der Waals surface area contributed by atoms with Crippen LogP contribution in [0.1, 0.15) is 12.8 Å². The first-order valence-electron chi connectivity index (χ1n) is 10.7. The summed E-state index contributed by atoms with van der Waals surface area (Å²) in [6, 6.07) is 6.60. The van der Waals surface area contributed by atoms with Gasteiger partial charge in [0.1, 0.15) is 15.6 Å². The zero-order chi connectivity index (χ0) is 22.7. The Bertz CT molecular complexity index is 761. The molecule has 1 aromatic carbocycles. The Labute approximate surface area is 196 Å². The maximum atomic E-state index is 11.3. The monoisotopic (exact) mass is 492 g/mol. The van der Waals surface area contributed by atoms with Crippen LogP contribution in [-0.2, 0) is 9.84 Å². The molecule has 0 aromatic heterocycles. The summed E-state index contributed by atoms with van der Waals surface area (Å²) in [5.74, 6) is 2.14. The number of thioether (sulfide) groups is 1. The maximum Gasteiger partial charge on any atom is 0.147 e. The van der Waals surface area contributed by atoms with Gasteiger partial charge in [-0.05, 0) is 37.0 Å². The van der Waals surface area contributed by atoms with E-state index in [9.17, 15) is 8.42 Å². The molecule has 2 saturated heterocycles. The summed E-state index contributed by atoms with van der Waals surface area (Å²) < 4.78 is 27.8. The van der Waals surface area contributed by atoms with Crippen LogP contribution in [0.25, 0.3) is 0 Å². The largest absolute Gasteiger partial charge is 0.495 e. The second-order valence-corrected chi connectivity index (χ2v) is 11.6. The van der Waals surface area contributed by atoms with E-state index in [1.165, 1.54) is 18.4 Å². The van der Waals surface area contributed by atoms with Crippen molar-refractivity contribution in [3.63, 3.8) is 0 Å². The van der Waals surface area contributed by atoms with Crippen LogP contribution in [0.5, 0.6) is 5.75 Å². The van der Waals surface area contributed by atoms with Crippen molar-refractivity contribution >= 4 is 38.9 Å². The molecule has 10 heteroatoms. The van der Waals surface area contributed by atoms with Gasteiger partial charge in [-0.3, -0.25) is 0 Å². The Kier molecular flexibility index (Phi) is 11.8. The van der Waals surface area contributed by atoms with Crippen LogP contribution in [0.2, 0.25) is 5.02 Å². The summed E-state index contributed by atoms with van der Waals surface area (Å²) in [6.45, 7) is 5.91. The van der Waals surface area contributed by atoms with E-state index in [0.717, 1.165) is 51.0 Å². The van der Waals surface area contributed by atoms with Crippen LogP contribution in [0.15, 0.2) is 18.2 Å². The minimum absolute atomic E-state index is 0.176. The van der Waals surface area contributed by atoms with E-state index in [1.807, 2.05) is 30.0 Å². The summed E-state index contributed by atoms with van der Waals surface area (Å²) in [7, 11) is -1.32. The van der Waals surface area contributed by atoms with Crippen LogP contribution < -0.4 is 25.6 Å². The maximum absolute atomic E-state index is 11.3. The van der Waals surface area contributed by atoms with Crippen LogP contribution in [0, 0.1) is 0 Å². The van der Waals surface area contributed by atoms with Gasteiger partial charge in [0.05, 0.1) is 17.9 Å². The molecule has 178 valence electrons. The zero-order valence-corrected chi connectivity index (χ0v) is 21.2. The Hall–Kier alpha value is -0.710. The van der Waals surface area contributed by atoms with E-state index in [-0.39, 0.29) is 11.8 Å². The molecule has 0 bridgehead atoms. The third kappa shape index (κ3) is 10.2. The minimum atomic E-state index is -2.92. The number of benzene rings is 1. The summed E-state index contributed by atoms with van der Waals surface area (Å²) >= 11 is 7.97. The number of hydrogen-bond acceptors (Lipinski definition) is 8. The van der Waals surface area contributed by atoms with Crippen molar-refractivity contribution < 1.29 is 13.2 Å². The van der Waals surface area contributed by atoms with Gasteiger partial charge in [0.2, 0.25) is 0 Å². The second-order valence-electron chi connectivity index (χ2n) is 7.97. The standard InChI is InChI=1S/C14H21ClN2O3S.C7H16N2S/c1-20-14-9-12(3-4-13(14)15)17-7-6-16-11(10-17)5-8-21(2,18)19;1-10-5-2-7-6-8-3-4-9-7/h3-4,9,11,16H,5-8,10H2,1-2H3;7-9H,2-6H2,1H3/t11-;7-/m00/s1. The average molecular weight is 493 g/mol. The van der Waals surface area contributed by atoms with E-state index in [1.54, 1.807) is 7.11 Å². The lowest BCUT2D eigenvalue weighted by Crippen LogP contribution is -2.51. The molecule has 7 nitrogen and oxygen atoms in total.